The van der Waals surface area contributed by atoms with Crippen molar-refractivity contribution in [1.29, 1.82) is 0 Å². The number of alkyl halides is 1. The lowest BCUT2D eigenvalue weighted by atomic mass is 9.89. The van der Waals surface area contributed by atoms with Gasteiger partial charge in [0.2, 0.25) is 5.88 Å². The molecule has 0 N–H and O–H groups in total. The van der Waals surface area contributed by atoms with Gasteiger partial charge in [0.25, 0.3) is 0 Å². The molecule has 2 aromatic rings. The first-order valence-electron chi connectivity index (χ1n) is 7.60. The van der Waals surface area contributed by atoms with Gasteiger partial charge < -0.3 is 9.30 Å². The van der Waals surface area contributed by atoms with Crippen LogP contribution < -0.4 is 4.74 Å². The normalized spacial score (nSPS) is 27.6. The van der Waals surface area contributed by atoms with Crippen LogP contribution in [0.2, 0.25) is 0 Å². The fraction of sp³-hybridized carbons (Fsp3) is 0.667. The van der Waals surface area contributed by atoms with Crippen molar-refractivity contribution in [2.75, 3.05) is 7.11 Å². The molecule has 2 bridgehead atoms. The van der Waals surface area contributed by atoms with Crippen LogP contribution in [0.1, 0.15) is 31.5 Å². The summed E-state index contributed by atoms with van der Waals surface area (Å²) in [5.41, 5.74) is 1.57. The lowest BCUT2D eigenvalue weighted by molar-refractivity contribution is 0.296. The lowest BCUT2D eigenvalue weighted by Crippen LogP contribution is -2.18. The summed E-state index contributed by atoms with van der Waals surface area (Å²) in [6, 6.07) is 0. The molecule has 0 aromatic carbocycles. The molecule has 3 atom stereocenters. The summed E-state index contributed by atoms with van der Waals surface area (Å²) in [5, 5.41) is 0. The molecule has 0 radical (unpaired) electrons. The van der Waals surface area contributed by atoms with Crippen LogP contribution in [0.5, 0.6) is 5.88 Å². The van der Waals surface area contributed by atoms with Crippen LogP contribution in [0.15, 0.2) is 6.33 Å². The van der Waals surface area contributed by atoms with Crippen molar-refractivity contribution in [3.8, 4) is 5.88 Å². The number of nitrogens with zero attached hydrogens (tertiary/aromatic N) is 4. The number of fused-ring (bicyclic) bond motifs is 3. The zero-order valence-electron chi connectivity index (χ0n) is 12.1. The fourth-order valence-electron chi connectivity index (χ4n) is 4.24. The van der Waals surface area contributed by atoms with Gasteiger partial charge in [-0.2, -0.15) is 4.98 Å². The predicted octanol–water partition coefficient (Wildman–Crippen LogP) is 3.01. The topological polar surface area (TPSA) is 52.8 Å². The molecule has 4 rings (SSSR count). The standard InChI is InChI=1S/C15H19ClN4O/c1-21-15-13-14(17-8-18-15)20(12(6-16)19-13)7-11-5-9-2-3-10(11)4-9/h8-11H,2-7H2,1H3. The molecular weight excluding hydrogens is 288 g/mol. The van der Waals surface area contributed by atoms with Gasteiger partial charge in [0.05, 0.1) is 13.0 Å². The van der Waals surface area contributed by atoms with Crippen molar-refractivity contribution in [2.45, 2.75) is 38.1 Å². The van der Waals surface area contributed by atoms with E-state index in [1.807, 2.05) is 0 Å². The first-order valence-corrected chi connectivity index (χ1v) is 8.13. The first-order chi connectivity index (χ1) is 10.3. The third-order valence-electron chi connectivity index (χ3n) is 5.19. The molecule has 112 valence electrons. The van der Waals surface area contributed by atoms with Crippen LogP contribution >= 0.6 is 11.6 Å². The number of imidazole rings is 1. The van der Waals surface area contributed by atoms with E-state index in [-0.39, 0.29) is 0 Å². The third kappa shape index (κ3) is 2.09. The van der Waals surface area contributed by atoms with E-state index in [1.54, 1.807) is 7.11 Å². The molecule has 0 saturated heterocycles. The molecule has 0 aliphatic heterocycles. The number of rotatable bonds is 4. The van der Waals surface area contributed by atoms with Crippen molar-refractivity contribution in [1.82, 2.24) is 19.5 Å². The summed E-state index contributed by atoms with van der Waals surface area (Å²) in [4.78, 5) is 13.1. The molecule has 2 saturated carbocycles. The van der Waals surface area contributed by atoms with Gasteiger partial charge >= 0.3 is 0 Å². The van der Waals surface area contributed by atoms with Gasteiger partial charge in [0.1, 0.15) is 12.2 Å². The molecule has 2 aromatic heterocycles. The summed E-state index contributed by atoms with van der Waals surface area (Å²) in [6.07, 6.45) is 7.10. The molecule has 2 fully saturated rings. The Bertz CT molecular complexity index is 671. The van der Waals surface area contributed by atoms with E-state index in [2.05, 4.69) is 19.5 Å². The second-order valence-electron chi connectivity index (χ2n) is 6.26. The van der Waals surface area contributed by atoms with Crippen molar-refractivity contribution in [2.24, 2.45) is 17.8 Å². The van der Waals surface area contributed by atoms with E-state index in [0.29, 0.717) is 11.8 Å². The van der Waals surface area contributed by atoms with Crippen LogP contribution in [-0.2, 0) is 12.4 Å². The monoisotopic (exact) mass is 306 g/mol. The van der Waals surface area contributed by atoms with E-state index in [0.717, 1.165) is 41.3 Å². The molecule has 21 heavy (non-hydrogen) atoms. The van der Waals surface area contributed by atoms with Gasteiger partial charge in [-0.05, 0) is 37.0 Å². The van der Waals surface area contributed by atoms with Gasteiger partial charge in [-0.15, -0.1) is 11.6 Å². The molecule has 2 aliphatic carbocycles. The Balaban J connectivity index is 1.73. The Morgan fingerprint density at radius 2 is 2.24 bits per heavy atom. The zero-order chi connectivity index (χ0) is 14.4. The van der Waals surface area contributed by atoms with Gasteiger partial charge in [0.15, 0.2) is 11.2 Å². The minimum absolute atomic E-state index is 0.389. The lowest BCUT2D eigenvalue weighted by Gasteiger charge is -2.22. The highest BCUT2D eigenvalue weighted by Gasteiger charge is 2.39. The number of halogens is 1. The maximum absolute atomic E-state index is 6.09. The average molecular weight is 307 g/mol. The molecule has 6 heteroatoms. The maximum atomic E-state index is 6.09. The Hall–Kier alpha value is -1.36. The zero-order valence-corrected chi connectivity index (χ0v) is 12.9. The summed E-state index contributed by atoms with van der Waals surface area (Å²) >= 11 is 6.09. The van der Waals surface area contributed by atoms with Gasteiger partial charge in [-0.3, -0.25) is 0 Å². The Morgan fingerprint density at radius 3 is 2.90 bits per heavy atom. The molecule has 0 spiro atoms. The van der Waals surface area contributed by atoms with Crippen LogP contribution in [0.25, 0.3) is 11.2 Å². The van der Waals surface area contributed by atoms with E-state index >= 15 is 0 Å². The second kappa shape index (κ2) is 5.13. The van der Waals surface area contributed by atoms with Crippen LogP contribution in [-0.4, -0.2) is 26.6 Å². The number of methoxy groups -OCH3 is 1. The average Bonchev–Trinajstić information content (AvgIpc) is 3.21. The highest BCUT2D eigenvalue weighted by Crippen LogP contribution is 2.49. The molecule has 2 heterocycles. The van der Waals surface area contributed by atoms with Crippen molar-refractivity contribution in [3.05, 3.63) is 12.2 Å². The summed E-state index contributed by atoms with van der Waals surface area (Å²) < 4.78 is 7.47. The van der Waals surface area contributed by atoms with E-state index in [4.69, 9.17) is 16.3 Å². The summed E-state index contributed by atoms with van der Waals surface area (Å²) in [5.74, 6) is 4.34. The quantitative estimate of drug-likeness (QED) is 0.815. The fourth-order valence-corrected chi connectivity index (χ4v) is 4.44. The SMILES string of the molecule is COc1ncnc2c1nc(CCl)n2CC1CC2CCC1C2. The molecule has 2 aliphatic rings. The highest BCUT2D eigenvalue weighted by atomic mass is 35.5. The van der Waals surface area contributed by atoms with E-state index < -0.39 is 0 Å². The number of aromatic nitrogens is 4. The minimum Gasteiger partial charge on any atom is -0.479 e. The number of hydrogen-bond donors (Lipinski definition) is 0. The summed E-state index contributed by atoms with van der Waals surface area (Å²) in [6.45, 7) is 0.972. The van der Waals surface area contributed by atoms with Crippen molar-refractivity contribution < 1.29 is 4.74 Å². The van der Waals surface area contributed by atoms with Gasteiger partial charge in [0, 0.05) is 6.54 Å². The van der Waals surface area contributed by atoms with Crippen LogP contribution in [0, 0.1) is 17.8 Å². The molecule has 5 nitrogen and oxygen atoms in total. The van der Waals surface area contributed by atoms with E-state index in [1.165, 1.54) is 32.0 Å². The van der Waals surface area contributed by atoms with E-state index in [9.17, 15) is 0 Å². The number of ether oxygens (including phenoxy) is 1. The predicted molar refractivity (Wildman–Crippen MR) is 80.4 cm³/mol. The second-order valence-corrected chi connectivity index (χ2v) is 6.53. The van der Waals surface area contributed by atoms with Crippen LogP contribution in [0.4, 0.5) is 0 Å². The minimum atomic E-state index is 0.389. The summed E-state index contributed by atoms with van der Waals surface area (Å²) in [7, 11) is 1.61. The molecular formula is C15H19ClN4O. The third-order valence-corrected chi connectivity index (χ3v) is 5.43. The Labute approximate surface area is 128 Å². The number of hydrogen-bond acceptors (Lipinski definition) is 4. The van der Waals surface area contributed by atoms with Crippen molar-refractivity contribution in [3.63, 3.8) is 0 Å². The largest absolute Gasteiger partial charge is 0.479 e. The van der Waals surface area contributed by atoms with Gasteiger partial charge in [-0.1, -0.05) is 6.42 Å². The van der Waals surface area contributed by atoms with Crippen LogP contribution in [0.3, 0.4) is 0 Å². The molecule has 3 unspecified atom stereocenters. The smallest absolute Gasteiger partial charge is 0.245 e. The first kappa shape index (κ1) is 13.3. The Morgan fingerprint density at radius 1 is 1.33 bits per heavy atom. The maximum Gasteiger partial charge on any atom is 0.245 e. The molecule has 0 amide bonds. The van der Waals surface area contributed by atoms with Crippen molar-refractivity contribution >= 4 is 22.8 Å². The van der Waals surface area contributed by atoms with Gasteiger partial charge in [-0.25, -0.2) is 9.97 Å². The highest BCUT2D eigenvalue weighted by molar-refractivity contribution is 6.16. The Kier molecular flexibility index (Phi) is 3.25.